The van der Waals surface area contributed by atoms with E-state index in [0.29, 0.717) is 0 Å². The quantitative estimate of drug-likeness (QED) is 0.761. The highest BCUT2D eigenvalue weighted by Crippen LogP contribution is 2.19. The molecule has 0 aliphatic carbocycles. The van der Waals surface area contributed by atoms with Crippen LogP contribution in [-0.4, -0.2) is 10.1 Å². The van der Waals surface area contributed by atoms with E-state index in [1.807, 2.05) is 11.8 Å². The van der Waals surface area contributed by atoms with Crippen LogP contribution in [0.15, 0.2) is 28.8 Å². The van der Waals surface area contributed by atoms with Gasteiger partial charge in [-0.15, -0.1) is 11.8 Å². The first-order valence-electron chi connectivity index (χ1n) is 6.73. The zero-order valence-electron chi connectivity index (χ0n) is 11.6. The third kappa shape index (κ3) is 4.39. The number of rotatable bonds is 7. The maximum atomic E-state index is 5.25. The summed E-state index contributed by atoms with van der Waals surface area (Å²) in [6, 6.07) is 8.47. The van der Waals surface area contributed by atoms with E-state index in [4.69, 9.17) is 4.52 Å². The summed E-state index contributed by atoms with van der Waals surface area (Å²) in [5, 5.41) is 4.00. The fraction of sp³-hybridized carbons (Fsp3) is 0.467. The van der Waals surface area contributed by atoms with Gasteiger partial charge in [0.25, 0.3) is 0 Å². The summed E-state index contributed by atoms with van der Waals surface area (Å²) in [5.41, 5.74) is 2.71. The summed E-state index contributed by atoms with van der Waals surface area (Å²) in [6.45, 7) is 4.31. The van der Waals surface area contributed by atoms with E-state index in [2.05, 4.69) is 48.3 Å². The second-order valence-corrected chi connectivity index (χ2v) is 5.61. The molecule has 0 fully saturated rings. The zero-order chi connectivity index (χ0) is 13.5. The molecule has 0 atom stereocenters. The van der Waals surface area contributed by atoms with Gasteiger partial charge < -0.3 is 4.52 Å². The Labute approximate surface area is 118 Å². The largest absolute Gasteiger partial charge is 0.338 e. The fourth-order valence-corrected chi connectivity index (χ4v) is 2.74. The van der Waals surface area contributed by atoms with E-state index in [0.717, 1.165) is 42.5 Å². The molecular weight excluding hydrogens is 256 g/mol. The van der Waals surface area contributed by atoms with Crippen LogP contribution in [0.2, 0.25) is 0 Å². The van der Waals surface area contributed by atoms with Crippen LogP contribution in [0.25, 0.3) is 0 Å². The normalized spacial score (nSPS) is 10.8. The summed E-state index contributed by atoms with van der Waals surface area (Å²) in [5.74, 6) is 3.35. The van der Waals surface area contributed by atoms with Crippen LogP contribution in [0.1, 0.15) is 42.6 Å². The lowest BCUT2D eigenvalue weighted by molar-refractivity contribution is 0.384. The number of unbranched alkanes of at least 4 members (excludes halogenated alkanes) is 1. The number of aryl methyl sites for hydroxylation is 2. The smallest absolute Gasteiger partial charge is 0.236 e. The Balaban J connectivity index is 1.79. The number of aromatic nitrogens is 2. The molecule has 0 aliphatic heterocycles. The number of hydrogen-bond acceptors (Lipinski definition) is 4. The fourth-order valence-electron chi connectivity index (χ4n) is 1.81. The summed E-state index contributed by atoms with van der Waals surface area (Å²) in [7, 11) is 0. The van der Waals surface area contributed by atoms with E-state index in [9.17, 15) is 0 Å². The highest BCUT2D eigenvalue weighted by molar-refractivity contribution is 7.97. The van der Waals surface area contributed by atoms with Crippen molar-refractivity contribution in [2.75, 3.05) is 0 Å². The van der Waals surface area contributed by atoms with Crippen LogP contribution in [0.4, 0.5) is 0 Å². The molecule has 19 heavy (non-hydrogen) atoms. The van der Waals surface area contributed by atoms with Gasteiger partial charge in [-0.1, -0.05) is 42.8 Å². The summed E-state index contributed by atoms with van der Waals surface area (Å²) in [6.07, 6.45) is 3.20. The third-order valence-corrected chi connectivity index (χ3v) is 3.97. The maximum Gasteiger partial charge on any atom is 0.236 e. The van der Waals surface area contributed by atoms with Gasteiger partial charge in [0, 0.05) is 12.2 Å². The number of hydrogen-bond donors (Lipinski definition) is 0. The molecule has 0 radical (unpaired) electrons. The maximum absolute atomic E-state index is 5.25. The van der Waals surface area contributed by atoms with Crippen LogP contribution >= 0.6 is 11.8 Å². The average molecular weight is 276 g/mol. The van der Waals surface area contributed by atoms with E-state index < -0.39 is 0 Å². The van der Waals surface area contributed by atoms with Crippen molar-refractivity contribution in [3.05, 3.63) is 47.1 Å². The summed E-state index contributed by atoms with van der Waals surface area (Å²) in [4.78, 5) is 4.40. The van der Waals surface area contributed by atoms with Crippen LogP contribution in [-0.2, 0) is 17.9 Å². The van der Waals surface area contributed by atoms with Crippen LogP contribution < -0.4 is 0 Å². The lowest BCUT2D eigenvalue weighted by atomic mass is 10.1. The molecule has 0 spiro atoms. The molecule has 1 heterocycles. The second kappa shape index (κ2) is 7.34. The highest BCUT2D eigenvalue weighted by Gasteiger charge is 2.06. The van der Waals surface area contributed by atoms with Gasteiger partial charge in [0.2, 0.25) is 5.89 Å². The minimum Gasteiger partial charge on any atom is -0.338 e. The molecule has 0 bridgehead atoms. The second-order valence-electron chi connectivity index (χ2n) is 4.63. The van der Waals surface area contributed by atoms with Crippen molar-refractivity contribution in [2.45, 2.75) is 44.6 Å². The minimum atomic E-state index is 0.740. The van der Waals surface area contributed by atoms with Crippen molar-refractivity contribution < 1.29 is 4.52 Å². The van der Waals surface area contributed by atoms with Gasteiger partial charge in [-0.05, 0) is 24.5 Å². The van der Waals surface area contributed by atoms with Gasteiger partial charge >= 0.3 is 0 Å². The van der Waals surface area contributed by atoms with E-state index in [1.165, 1.54) is 11.1 Å². The van der Waals surface area contributed by atoms with Crippen molar-refractivity contribution >= 4 is 11.8 Å². The van der Waals surface area contributed by atoms with Crippen molar-refractivity contribution in [3.8, 4) is 0 Å². The Morgan fingerprint density at radius 2 is 2.05 bits per heavy atom. The molecule has 0 saturated carbocycles. The van der Waals surface area contributed by atoms with Crippen molar-refractivity contribution in [3.63, 3.8) is 0 Å². The molecule has 0 unspecified atom stereocenters. The van der Waals surface area contributed by atoms with E-state index >= 15 is 0 Å². The van der Waals surface area contributed by atoms with Gasteiger partial charge in [0.15, 0.2) is 5.82 Å². The minimum absolute atomic E-state index is 0.740. The molecule has 0 aliphatic rings. The number of benzene rings is 1. The van der Waals surface area contributed by atoms with Crippen LogP contribution in [0, 0.1) is 6.92 Å². The Morgan fingerprint density at radius 3 is 2.84 bits per heavy atom. The molecule has 3 nitrogen and oxygen atoms in total. The Kier molecular flexibility index (Phi) is 5.45. The highest BCUT2D eigenvalue weighted by atomic mass is 32.2. The van der Waals surface area contributed by atoms with Crippen molar-refractivity contribution in [1.82, 2.24) is 10.1 Å². The van der Waals surface area contributed by atoms with Gasteiger partial charge in [0.1, 0.15) is 0 Å². The number of thioether (sulfide) groups is 1. The molecule has 0 N–H and O–H groups in total. The Bertz CT molecular complexity index is 510. The van der Waals surface area contributed by atoms with Gasteiger partial charge in [-0.2, -0.15) is 4.98 Å². The van der Waals surface area contributed by atoms with Gasteiger partial charge in [-0.3, -0.25) is 0 Å². The van der Waals surface area contributed by atoms with Crippen LogP contribution in [0.3, 0.4) is 0 Å². The molecule has 2 rings (SSSR count). The molecule has 102 valence electrons. The molecule has 2 aromatic rings. The standard InChI is InChI=1S/C15H20N2OS/c1-3-4-9-14-16-15(18-17-14)11-19-10-13-8-6-5-7-12(13)2/h5-8H,3-4,9-11H2,1-2H3. The van der Waals surface area contributed by atoms with Gasteiger partial charge in [0.05, 0.1) is 5.75 Å². The molecule has 1 aromatic heterocycles. The first kappa shape index (κ1) is 14.1. The van der Waals surface area contributed by atoms with E-state index in [1.54, 1.807) is 0 Å². The van der Waals surface area contributed by atoms with Gasteiger partial charge in [-0.25, -0.2) is 0 Å². The summed E-state index contributed by atoms with van der Waals surface area (Å²) >= 11 is 1.81. The first-order valence-corrected chi connectivity index (χ1v) is 7.88. The predicted octanol–water partition coefficient (Wildman–Crippen LogP) is 4.15. The molecular formula is C15H20N2OS. The molecule has 0 amide bonds. The first-order chi connectivity index (χ1) is 9.29. The summed E-state index contributed by atoms with van der Waals surface area (Å²) < 4.78 is 5.25. The third-order valence-electron chi connectivity index (χ3n) is 3.01. The Morgan fingerprint density at radius 1 is 1.21 bits per heavy atom. The molecule has 0 saturated heterocycles. The topological polar surface area (TPSA) is 38.9 Å². The van der Waals surface area contributed by atoms with Crippen LogP contribution in [0.5, 0.6) is 0 Å². The SMILES string of the molecule is CCCCc1noc(CSCc2ccccc2C)n1. The van der Waals surface area contributed by atoms with Crippen molar-refractivity contribution in [1.29, 1.82) is 0 Å². The predicted molar refractivity (Wildman–Crippen MR) is 79.1 cm³/mol. The molecule has 1 aromatic carbocycles. The number of nitrogens with zero attached hydrogens (tertiary/aromatic N) is 2. The monoisotopic (exact) mass is 276 g/mol. The lowest BCUT2D eigenvalue weighted by Gasteiger charge is -2.03. The zero-order valence-corrected chi connectivity index (χ0v) is 12.4. The molecule has 4 heteroatoms. The Hall–Kier alpha value is -1.29. The van der Waals surface area contributed by atoms with Crippen molar-refractivity contribution in [2.24, 2.45) is 0 Å². The lowest BCUT2D eigenvalue weighted by Crippen LogP contribution is -1.89. The van der Waals surface area contributed by atoms with E-state index in [-0.39, 0.29) is 0 Å². The average Bonchev–Trinajstić information content (AvgIpc) is 2.86.